The minimum absolute atomic E-state index is 0.238. The van der Waals surface area contributed by atoms with Crippen LogP contribution in [0, 0.1) is 0 Å². The van der Waals surface area contributed by atoms with Gasteiger partial charge in [0, 0.05) is 18.8 Å². The van der Waals surface area contributed by atoms with E-state index in [1.54, 1.807) is 0 Å². The Bertz CT molecular complexity index is 367. The topological polar surface area (TPSA) is 58.4 Å². The molecular formula is C15H25N3O. The summed E-state index contributed by atoms with van der Waals surface area (Å²) < 4.78 is 0. The van der Waals surface area contributed by atoms with Crippen LogP contribution in [0.3, 0.4) is 0 Å². The van der Waals surface area contributed by atoms with Crippen molar-refractivity contribution in [1.29, 1.82) is 0 Å². The molecule has 19 heavy (non-hydrogen) atoms. The fourth-order valence-electron chi connectivity index (χ4n) is 2.06. The summed E-state index contributed by atoms with van der Waals surface area (Å²) in [4.78, 5) is 13.6. The summed E-state index contributed by atoms with van der Waals surface area (Å²) >= 11 is 0. The summed E-state index contributed by atoms with van der Waals surface area (Å²) in [5, 5.41) is 3.20. The summed E-state index contributed by atoms with van der Waals surface area (Å²) in [7, 11) is 0. The SMILES string of the molecule is CCCNC(CCN(CC)c1ccccc1)C(N)=O. The van der Waals surface area contributed by atoms with E-state index in [2.05, 4.69) is 36.2 Å². The van der Waals surface area contributed by atoms with Crippen molar-refractivity contribution in [3.05, 3.63) is 30.3 Å². The van der Waals surface area contributed by atoms with Crippen molar-refractivity contribution in [1.82, 2.24) is 5.32 Å². The van der Waals surface area contributed by atoms with Crippen LogP contribution in [-0.2, 0) is 4.79 Å². The molecule has 0 saturated heterocycles. The van der Waals surface area contributed by atoms with Crippen LogP contribution in [0.15, 0.2) is 30.3 Å². The van der Waals surface area contributed by atoms with Crippen LogP contribution in [0.25, 0.3) is 0 Å². The highest BCUT2D eigenvalue weighted by atomic mass is 16.1. The van der Waals surface area contributed by atoms with E-state index in [4.69, 9.17) is 5.73 Å². The summed E-state index contributed by atoms with van der Waals surface area (Å²) in [5.74, 6) is -0.266. The first-order valence-electron chi connectivity index (χ1n) is 7.01. The van der Waals surface area contributed by atoms with E-state index < -0.39 is 0 Å². The molecule has 0 aromatic heterocycles. The van der Waals surface area contributed by atoms with Gasteiger partial charge in [0.15, 0.2) is 0 Å². The molecule has 0 aliphatic heterocycles. The van der Waals surface area contributed by atoms with Crippen molar-refractivity contribution in [3.63, 3.8) is 0 Å². The molecule has 0 bridgehead atoms. The highest BCUT2D eigenvalue weighted by molar-refractivity contribution is 5.79. The molecule has 0 saturated carbocycles. The zero-order chi connectivity index (χ0) is 14.1. The van der Waals surface area contributed by atoms with Gasteiger partial charge in [0.1, 0.15) is 0 Å². The zero-order valence-corrected chi connectivity index (χ0v) is 11.9. The second-order valence-corrected chi connectivity index (χ2v) is 4.61. The van der Waals surface area contributed by atoms with Gasteiger partial charge in [-0.3, -0.25) is 4.79 Å². The molecule has 1 atom stereocenters. The molecule has 0 aliphatic rings. The monoisotopic (exact) mass is 263 g/mol. The number of anilines is 1. The number of hydrogen-bond acceptors (Lipinski definition) is 3. The maximum Gasteiger partial charge on any atom is 0.234 e. The molecule has 4 nitrogen and oxygen atoms in total. The number of carbonyl (C=O) groups is 1. The molecule has 1 aromatic rings. The Morgan fingerprint density at radius 2 is 2.00 bits per heavy atom. The van der Waals surface area contributed by atoms with Crippen LogP contribution in [0.2, 0.25) is 0 Å². The van der Waals surface area contributed by atoms with E-state index in [1.807, 2.05) is 18.2 Å². The molecule has 1 rings (SSSR count). The van der Waals surface area contributed by atoms with E-state index in [1.165, 1.54) is 5.69 Å². The average molecular weight is 263 g/mol. The Balaban J connectivity index is 2.53. The van der Waals surface area contributed by atoms with E-state index in [9.17, 15) is 4.79 Å². The molecule has 1 amide bonds. The van der Waals surface area contributed by atoms with Gasteiger partial charge in [0.25, 0.3) is 0 Å². The maximum absolute atomic E-state index is 11.4. The smallest absolute Gasteiger partial charge is 0.234 e. The van der Waals surface area contributed by atoms with Gasteiger partial charge in [0.05, 0.1) is 6.04 Å². The van der Waals surface area contributed by atoms with Crippen molar-refractivity contribution < 1.29 is 4.79 Å². The second-order valence-electron chi connectivity index (χ2n) is 4.61. The van der Waals surface area contributed by atoms with Crippen molar-refractivity contribution in [2.24, 2.45) is 5.73 Å². The molecule has 106 valence electrons. The predicted molar refractivity (Wildman–Crippen MR) is 80.2 cm³/mol. The minimum atomic E-state index is -0.266. The molecule has 0 aliphatic carbocycles. The van der Waals surface area contributed by atoms with E-state index >= 15 is 0 Å². The summed E-state index contributed by atoms with van der Waals surface area (Å²) in [5.41, 5.74) is 6.61. The van der Waals surface area contributed by atoms with Gasteiger partial charge in [-0.25, -0.2) is 0 Å². The minimum Gasteiger partial charge on any atom is -0.372 e. The number of para-hydroxylation sites is 1. The van der Waals surface area contributed by atoms with Gasteiger partial charge in [-0.1, -0.05) is 25.1 Å². The predicted octanol–water partition coefficient (Wildman–Crippen LogP) is 1.76. The van der Waals surface area contributed by atoms with Crippen LogP contribution >= 0.6 is 0 Å². The number of primary amides is 1. The molecule has 0 spiro atoms. The number of amides is 1. The highest BCUT2D eigenvalue weighted by Crippen LogP contribution is 2.13. The molecule has 0 radical (unpaired) electrons. The van der Waals surface area contributed by atoms with Crippen LogP contribution in [-0.4, -0.2) is 31.6 Å². The van der Waals surface area contributed by atoms with Gasteiger partial charge in [-0.2, -0.15) is 0 Å². The average Bonchev–Trinajstić information content (AvgIpc) is 2.43. The fraction of sp³-hybridized carbons (Fsp3) is 0.533. The molecule has 0 heterocycles. The van der Waals surface area contributed by atoms with Gasteiger partial charge in [-0.05, 0) is 38.4 Å². The number of nitrogens with two attached hydrogens (primary N) is 1. The number of rotatable bonds is 9. The Kier molecular flexibility index (Phi) is 6.97. The third kappa shape index (κ3) is 5.30. The van der Waals surface area contributed by atoms with E-state index in [0.29, 0.717) is 0 Å². The zero-order valence-electron chi connectivity index (χ0n) is 11.9. The van der Waals surface area contributed by atoms with E-state index in [-0.39, 0.29) is 11.9 Å². The van der Waals surface area contributed by atoms with Crippen molar-refractivity contribution >= 4 is 11.6 Å². The van der Waals surface area contributed by atoms with Crippen molar-refractivity contribution in [2.45, 2.75) is 32.7 Å². The molecule has 4 heteroatoms. The third-order valence-electron chi connectivity index (χ3n) is 3.17. The molecule has 1 unspecified atom stereocenters. The first-order valence-corrected chi connectivity index (χ1v) is 7.01. The number of nitrogens with one attached hydrogen (secondary N) is 1. The molecule has 3 N–H and O–H groups in total. The molecule has 1 aromatic carbocycles. The van der Waals surface area contributed by atoms with Crippen LogP contribution in [0.5, 0.6) is 0 Å². The lowest BCUT2D eigenvalue weighted by molar-refractivity contribution is -0.120. The molecular weight excluding hydrogens is 238 g/mol. The van der Waals surface area contributed by atoms with Crippen LogP contribution in [0.1, 0.15) is 26.7 Å². The van der Waals surface area contributed by atoms with Crippen LogP contribution < -0.4 is 16.0 Å². The normalized spacial score (nSPS) is 12.1. The first kappa shape index (κ1) is 15.5. The Hall–Kier alpha value is -1.55. The van der Waals surface area contributed by atoms with E-state index in [0.717, 1.165) is 32.5 Å². The third-order valence-corrected chi connectivity index (χ3v) is 3.17. The van der Waals surface area contributed by atoms with Crippen molar-refractivity contribution in [2.75, 3.05) is 24.5 Å². The second kappa shape index (κ2) is 8.53. The Morgan fingerprint density at radius 3 is 2.53 bits per heavy atom. The lowest BCUT2D eigenvalue weighted by Crippen LogP contribution is -2.44. The Labute approximate surface area is 116 Å². The maximum atomic E-state index is 11.4. The standard InChI is InChI=1S/C15H25N3O/c1-3-11-17-14(15(16)19)10-12-18(4-2)13-8-6-5-7-9-13/h5-9,14,17H,3-4,10-12H2,1-2H3,(H2,16,19). The summed E-state index contributed by atoms with van der Waals surface area (Å²) in [6, 6.07) is 9.99. The lowest BCUT2D eigenvalue weighted by Gasteiger charge is -2.25. The number of nitrogens with zero attached hydrogens (tertiary/aromatic N) is 1. The summed E-state index contributed by atoms with van der Waals surface area (Å²) in [6.45, 7) is 6.76. The number of hydrogen-bond donors (Lipinski definition) is 2. The summed E-state index contributed by atoms with van der Waals surface area (Å²) in [6.07, 6.45) is 1.73. The van der Waals surface area contributed by atoms with Gasteiger partial charge >= 0.3 is 0 Å². The highest BCUT2D eigenvalue weighted by Gasteiger charge is 2.15. The van der Waals surface area contributed by atoms with Crippen molar-refractivity contribution in [3.8, 4) is 0 Å². The largest absolute Gasteiger partial charge is 0.372 e. The first-order chi connectivity index (χ1) is 9.19. The fourth-order valence-corrected chi connectivity index (χ4v) is 2.06. The number of benzene rings is 1. The van der Waals surface area contributed by atoms with Gasteiger partial charge < -0.3 is 16.0 Å². The lowest BCUT2D eigenvalue weighted by atomic mass is 10.1. The van der Waals surface area contributed by atoms with Gasteiger partial charge in [0.2, 0.25) is 5.91 Å². The number of carbonyl (C=O) groups excluding carboxylic acids is 1. The van der Waals surface area contributed by atoms with Gasteiger partial charge in [-0.15, -0.1) is 0 Å². The Morgan fingerprint density at radius 1 is 1.32 bits per heavy atom. The molecule has 0 fully saturated rings. The van der Waals surface area contributed by atoms with Crippen LogP contribution in [0.4, 0.5) is 5.69 Å². The quantitative estimate of drug-likeness (QED) is 0.713.